The normalized spacial score (nSPS) is 28.2. The number of rotatable bonds is 1. The Morgan fingerprint density at radius 2 is 2.41 bits per heavy atom. The molecule has 3 rings (SSSR count). The maximum atomic E-state index is 12.5. The van der Waals surface area contributed by atoms with E-state index in [4.69, 9.17) is 5.73 Å². The van der Waals surface area contributed by atoms with Gasteiger partial charge in [-0.05, 0) is 35.6 Å². The van der Waals surface area contributed by atoms with Crippen LogP contribution in [-0.2, 0) is 11.2 Å². The quantitative estimate of drug-likeness (QED) is 0.842. The van der Waals surface area contributed by atoms with Crippen molar-refractivity contribution in [2.45, 2.75) is 24.1 Å². The molecule has 0 aromatic carbocycles. The summed E-state index contributed by atoms with van der Waals surface area (Å²) in [5.74, 6) is 1.33. The van der Waals surface area contributed by atoms with E-state index in [2.05, 4.69) is 11.4 Å². The number of likely N-dealkylation sites (tertiary alicyclic amines) is 1. The molecular formula is C12H16N2OS2. The first-order valence-electron chi connectivity index (χ1n) is 5.98. The number of hydrogen-bond acceptors (Lipinski definition) is 4. The minimum Gasteiger partial charge on any atom is -0.340 e. The van der Waals surface area contributed by atoms with Crippen LogP contribution in [0.25, 0.3) is 0 Å². The SMILES string of the molecule is N[C@@H]1CCN(C(=O)[C@@H]2SCCc3sccc32)C1. The number of carbonyl (C=O) groups excluding carboxylic acids is 1. The van der Waals surface area contributed by atoms with Gasteiger partial charge in [-0.2, -0.15) is 0 Å². The molecule has 0 bridgehead atoms. The molecule has 0 unspecified atom stereocenters. The number of amides is 1. The summed E-state index contributed by atoms with van der Waals surface area (Å²) in [5.41, 5.74) is 7.12. The molecule has 3 heterocycles. The van der Waals surface area contributed by atoms with Gasteiger partial charge in [0.15, 0.2) is 0 Å². The van der Waals surface area contributed by atoms with E-state index in [1.165, 1.54) is 10.4 Å². The van der Waals surface area contributed by atoms with Crippen molar-refractivity contribution in [3.63, 3.8) is 0 Å². The van der Waals surface area contributed by atoms with E-state index < -0.39 is 0 Å². The van der Waals surface area contributed by atoms with Crippen LogP contribution in [0, 0.1) is 0 Å². The van der Waals surface area contributed by atoms with Gasteiger partial charge in [0.25, 0.3) is 0 Å². The Labute approximate surface area is 109 Å². The second-order valence-electron chi connectivity index (χ2n) is 4.63. The van der Waals surface area contributed by atoms with Gasteiger partial charge in [-0.1, -0.05) is 0 Å². The highest BCUT2D eigenvalue weighted by Crippen LogP contribution is 2.40. The van der Waals surface area contributed by atoms with Crippen LogP contribution < -0.4 is 5.73 Å². The van der Waals surface area contributed by atoms with Gasteiger partial charge in [-0.15, -0.1) is 23.1 Å². The average Bonchev–Trinajstić information content (AvgIpc) is 2.95. The zero-order chi connectivity index (χ0) is 11.8. The number of thioether (sulfide) groups is 1. The maximum Gasteiger partial charge on any atom is 0.240 e. The Hall–Kier alpha value is -0.520. The number of aryl methyl sites for hydroxylation is 1. The summed E-state index contributed by atoms with van der Waals surface area (Å²) >= 11 is 3.56. The van der Waals surface area contributed by atoms with Crippen LogP contribution in [0.4, 0.5) is 0 Å². The molecule has 5 heteroatoms. The third-order valence-electron chi connectivity index (χ3n) is 3.44. The predicted octanol–water partition coefficient (Wildman–Crippen LogP) is 1.64. The van der Waals surface area contributed by atoms with Crippen molar-refractivity contribution in [3.05, 3.63) is 21.9 Å². The lowest BCUT2D eigenvalue weighted by atomic mass is 10.1. The monoisotopic (exact) mass is 268 g/mol. The standard InChI is InChI=1S/C12H16N2OS2/c13-8-1-4-14(7-8)12(15)11-9-2-5-16-10(9)3-6-17-11/h2,5,8,11H,1,3-4,6-7,13H2/t8-,11-/m1/s1. The van der Waals surface area contributed by atoms with Gasteiger partial charge in [0.05, 0.1) is 0 Å². The molecule has 3 nitrogen and oxygen atoms in total. The minimum absolute atomic E-state index is 0.0234. The lowest BCUT2D eigenvalue weighted by molar-refractivity contribution is -0.129. The van der Waals surface area contributed by atoms with Gasteiger partial charge in [0.1, 0.15) is 5.25 Å². The molecule has 2 aliphatic heterocycles. The Morgan fingerprint density at radius 1 is 1.53 bits per heavy atom. The van der Waals surface area contributed by atoms with Gasteiger partial charge >= 0.3 is 0 Å². The van der Waals surface area contributed by atoms with E-state index in [0.29, 0.717) is 0 Å². The summed E-state index contributed by atoms with van der Waals surface area (Å²) in [5, 5.41) is 2.13. The topological polar surface area (TPSA) is 46.3 Å². The van der Waals surface area contributed by atoms with Crippen LogP contribution in [0.1, 0.15) is 22.1 Å². The molecule has 1 aromatic rings. The summed E-state index contributed by atoms with van der Waals surface area (Å²) in [6.45, 7) is 1.56. The van der Waals surface area contributed by atoms with Crippen molar-refractivity contribution in [2.24, 2.45) is 5.73 Å². The number of thiophene rings is 1. The fraction of sp³-hybridized carbons (Fsp3) is 0.583. The van der Waals surface area contributed by atoms with Crippen molar-refractivity contribution >= 4 is 29.0 Å². The molecule has 0 saturated carbocycles. The van der Waals surface area contributed by atoms with Crippen molar-refractivity contribution in [3.8, 4) is 0 Å². The minimum atomic E-state index is 0.0234. The van der Waals surface area contributed by atoms with Gasteiger partial charge in [-0.3, -0.25) is 4.79 Å². The molecule has 0 aliphatic carbocycles. The third kappa shape index (κ3) is 2.11. The molecule has 2 aliphatic rings. The maximum absolute atomic E-state index is 12.5. The Balaban J connectivity index is 1.80. The van der Waals surface area contributed by atoms with Gasteiger partial charge in [-0.25, -0.2) is 0 Å². The number of carbonyl (C=O) groups is 1. The fourth-order valence-corrected chi connectivity index (χ4v) is 4.88. The molecule has 0 spiro atoms. The number of hydrogen-bond donors (Lipinski definition) is 1. The first-order chi connectivity index (χ1) is 8.25. The Morgan fingerprint density at radius 3 is 3.18 bits per heavy atom. The second-order valence-corrected chi connectivity index (χ2v) is 6.85. The molecule has 1 fully saturated rings. The van der Waals surface area contributed by atoms with Crippen LogP contribution in [0.3, 0.4) is 0 Å². The molecule has 1 aromatic heterocycles. The van der Waals surface area contributed by atoms with Gasteiger partial charge in [0.2, 0.25) is 5.91 Å². The summed E-state index contributed by atoms with van der Waals surface area (Å²) in [6.07, 6.45) is 2.06. The summed E-state index contributed by atoms with van der Waals surface area (Å²) < 4.78 is 0. The summed E-state index contributed by atoms with van der Waals surface area (Å²) in [7, 11) is 0. The number of fused-ring (bicyclic) bond motifs is 1. The highest BCUT2D eigenvalue weighted by molar-refractivity contribution is 8.00. The smallest absolute Gasteiger partial charge is 0.240 e. The van der Waals surface area contributed by atoms with E-state index >= 15 is 0 Å². The van der Waals surface area contributed by atoms with Crippen LogP contribution in [0.15, 0.2) is 11.4 Å². The Kier molecular flexibility index (Phi) is 3.15. The molecular weight excluding hydrogens is 252 g/mol. The second kappa shape index (κ2) is 4.63. The van der Waals surface area contributed by atoms with Gasteiger partial charge < -0.3 is 10.6 Å². The first kappa shape index (κ1) is 11.6. The zero-order valence-electron chi connectivity index (χ0n) is 9.59. The Bertz CT molecular complexity index is 432. The van der Waals surface area contributed by atoms with Crippen LogP contribution >= 0.6 is 23.1 Å². The zero-order valence-corrected chi connectivity index (χ0v) is 11.2. The predicted molar refractivity (Wildman–Crippen MR) is 72.4 cm³/mol. The lowest BCUT2D eigenvalue weighted by Crippen LogP contribution is -2.35. The van der Waals surface area contributed by atoms with Crippen LogP contribution in [0.2, 0.25) is 0 Å². The highest BCUT2D eigenvalue weighted by atomic mass is 32.2. The van der Waals surface area contributed by atoms with E-state index in [9.17, 15) is 4.79 Å². The van der Waals surface area contributed by atoms with Crippen LogP contribution in [-0.4, -0.2) is 35.7 Å². The summed E-state index contributed by atoms with van der Waals surface area (Å²) in [4.78, 5) is 15.8. The molecule has 0 radical (unpaired) electrons. The van der Waals surface area contributed by atoms with Crippen molar-refractivity contribution in [1.82, 2.24) is 4.90 Å². The molecule has 2 N–H and O–H groups in total. The fourth-order valence-electron chi connectivity index (χ4n) is 2.50. The third-order valence-corrected chi connectivity index (χ3v) is 5.66. The molecule has 17 heavy (non-hydrogen) atoms. The van der Waals surface area contributed by atoms with E-state index in [1.54, 1.807) is 23.1 Å². The number of nitrogens with zero attached hydrogens (tertiary/aromatic N) is 1. The highest BCUT2D eigenvalue weighted by Gasteiger charge is 2.33. The molecule has 2 atom stereocenters. The average molecular weight is 268 g/mol. The van der Waals surface area contributed by atoms with Crippen molar-refractivity contribution < 1.29 is 4.79 Å². The first-order valence-corrected chi connectivity index (χ1v) is 7.91. The van der Waals surface area contributed by atoms with Crippen molar-refractivity contribution in [1.29, 1.82) is 0 Å². The van der Waals surface area contributed by atoms with E-state index in [1.807, 2.05) is 4.90 Å². The van der Waals surface area contributed by atoms with Crippen LogP contribution in [0.5, 0.6) is 0 Å². The number of nitrogens with two attached hydrogens (primary N) is 1. The van der Waals surface area contributed by atoms with Crippen molar-refractivity contribution in [2.75, 3.05) is 18.8 Å². The molecule has 1 saturated heterocycles. The lowest BCUT2D eigenvalue weighted by Gasteiger charge is -2.26. The molecule has 1 amide bonds. The van der Waals surface area contributed by atoms with E-state index in [0.717, 1.165) is 31.7 Å². The van der Waals surface area contributed by atoms with E-state index in [-0.39, 0.29) is 17.2 Å². The molecule has 92 valence electrons. The largest absolute Gasteiger partial charge is 0.340 e. The van der Waals surface area contributed by atoms with Gasteiger partial charge in [0, 0.05) is 24.0 Å². The summed E-state index contributed by atoms with van der Waals surface area (Å²) in [6, 6.07) is 2.29.